The van der Waals surface area contributed by atoms with Gasteiger partial charge in [0.05, 0.1) is 17.9 Å². The number of thiazole rings is 1. The molecule has 1 aliphatic rings. The van der Waals surface area contributed by atoms with Gasteiger partial charge in [0.2, 0.25) is 5.91 Å². The van der Waals surface area contributed by atoms with E-state index in [4.69, 9.17) is 0 Å². The molecule has 1 saturated heterocycles. The van der Waals surface area contributed by atoms with Crippen molar-refractivity contribution in [2.45, 2.75) is 32.6 Å². The standard InChI is InChI=1S/C17H24N6OS/c1-11-10-25-17(19-11)22-15-7-14(20-12(2)21-15)13-5-4-6-23(8-13)9-16(24)18-3/h7,10,13H,4-6,8-9H2,1-3H3,(H,18,24)(H,19,20,21,22). The van der Waals surface area contributed by atoms with Gasteiger partial charge in [0.1, 0.15) is 11.6 Å². The van der Waals surface area contributed by atoms with Crippen LogP contribution in [0.1, 0.15) is 36.0 Å². The van der Waals surface area contributed by atoms with Crippen LogP contribution in [0.15, 0.2) is 11.4 Å². The van der Waals surface area contributed by atoms with Gasteiger partial charge in [-0.05, 0) is 33.2 Å². The molecular formula is C17H24N6OS. The molecule has 3 rings (SSSR count). The number of carbonyl (C=O) groups excluding carboxylic acids is 1. The molecule has 2 aromatic heterocycles. The average molecular weight is 360 g/mol. The van der Waals surface area contributed by atoms with Crippen LogP contribution < -0.4 is 10.6 Å². The Hall–Kier alpha value is -2.06. The van der Waals surface area contributed by atoms with Crippen LogP contribution in [0.3, 0.4) is 0 Å². The molecule has 0 spiro atoms. The summed E-state index contributed by atoms with van der Waals surface area (Å²) in [5.74, 6) is 1.90. The Morgan fingerprint density at radius 1 is 1.36 bits per heavy atom. The van der Waals surface area contributed by atoms with Crippen LogP contribution in [-0.2, 0) is 4.79 Å². The van der Waals surface area contributed by atoms with Gasteiger partial charge < -0.3 is 10.6 Å². The maximum Gasteiger partial charge on any atom is 0.233 e. The maximum atomic E-state index is 11.6. The van der Waals surface area contributed by atoms with E-state index < -0.39 is 0 Å². The van der Waals surface area contributed by atoms with Gasteiger partial charge in [-0.1, -0.05) is 0 Å². The van der Waals surface area contributed by atoms with Crippen LogP contribution in [0.2, 0.25) is 0 Å². The average Bonchev–Trinajstić information content (AvgIpc) is 2.99. The van der Waals surface area contributed by atoms with Crippen molar-refractivity contribution in [3.8, 4) is 0 Å². The summed E-state index contributed by atoms with van der Waals surface area (Å²) >= 11 is 1.57. The number of likely N-dealkylation sites (N-methyl/N-ethyl adjacent to an activating group) is 1. The summed E-state index contributed by atoms with van der Waals surface area (Å²) in [5, 5.41) is 8.82. The second-order valence-electron chi connectivity index (χ2n) is 6.39. The molecule has 1 fully saturated rings. The highest BCUT2D eigenvalue weighted by molar-refractivity contribution is 7.13. The van der Waals surface area contributed by atoms with Crippen molar-refractivity contribution in [2.24, 2.45) is 0 Å². The third-order valence-corrected chi connectivity index (χ3v) is 5.16. The molecule has 1 amide bonds. The summed E-state index contributed by atoms with van der Waals surface area (Å²) in [6, 6.07) is 2.01. The van der Waals surface area contributed by atoms with E-state index in [9.17, 15) is 4.79 Å². The Bertz CT molecular complexity index is 746. The van der Waals surface area contributed by atoms with Crippen molar-refractivity contribution in [1.82, 2.24) is 25.2 Å². The first-order valence-electron chi connectivity index (χ1n) is 8.51. The van der Waals surface area contributed by atoms with E-state index in [2.05, 4.69) is 30.5 Å². The summed E-state index contributed by atoms with van der Waals surface area (Å²) in [5.41, 5.74) is 2.03. The van der Waals surface area contributed by atoms with Crippen molar-refractivity contribution >= 4 is 28.2 Å². The number of anilines is 2. The van der Waals surface area contributed by atoms with Gasteiger partial charge in [-0.25, -0.2) is 15.0 Å². The molecule has 0 aromatic carbocycles. The smallest absolute Gasteiger partial charge is 0.233 e. The summed E-state index contributed by atoms with van der Waals surface area (Å²) in [6.45, 7) is 6.13. The monoisotopic (exact) mass is 360 g/mol. The van der Waals surface area contributed by atoms with E-state index in [0.717, 1.165) is 54.1 Å². The zero-order valence-electron chi connectivity index (χ0n) is 14.9. The maximum absolute atomic E-state index is 11.6. The zero-order valence-corrected chi connectivity index (χ0v) is 15.7. The van der Waals surface area contributed by atoms with Gasteiger partial charge in [0, 0.05) is 31.0 Å². The van der Waals surface area contributed by atoms with Crippen molar-refractivity contribution in [2.75, 3.05) is 32.0 Å². The van der Waals surface area contributed by atoms with Crippen molar-refractivity contribution in [1.29, 1.82) is 0 Å². The predicted molar refractivity (Wildman–Crippen MR) is 99.4 cm³/mol. The van der Waals surface area contributed by atoms with Gasteiger partial charge in [-0.15, -0.1) is 11.3 Å². The molecule has 1 aliphatic heterocycles. The summed E-state index contributed by atoms with van der Waals surface area (Å²) in [6.07, 6.45) is 2.15. The number of aromatic nitrogens is 3. The Balaban J connectivity index is 1.73. The Morgan fingerprint density at radius 2 is 2.20 bits per heavy atom. The van der Waals surface area contributed by atoms with Crippen molar-refractivity contribution in [3.05, 3.63) is 28.7 Å². The van der Waals surface area contributed by atoms with Crippen LogP contribution in [0.4, 0.5) is 10.9 Å². The Labute approximate surface area is 151 Å². The largest absolute Gasteiger partial charge is 0.358 e. The number of amides is 1. The summed E-state index contributed by atoms with van der Waals surface area (Å²) in [7, 11) is 1.68. The highest BCUT2D eigenvalue weighted by atomic mass is 32.1. The van der Waals surface area contributed by atoms with Crippen LogP contribution in [-0.4, -0.2) is 52.4 Å². The number of nitrogens with zero attached hydrogens (tertiary/aromatic N) is 4. The lowest BCUT2D eigenvalue weighted by molar-refractivity contribution is -0.122. The fourth-order valence-electron chi connectivity index (χ4n) is 3.11. The van der Waals surface area contributed by atoms with Crippen molar-refractivity contribution in [3.63, 3.8) is 0 Å². The lowest BCUT2D eigenvalue weighted by Crippen LogP contribution is -2.41. The third kappa shape index (κ3) is 4.73. The van der Waals surface area contributed by atoms with E-state index in [0.29, 0.717) is 12.5 Å². The van der Waals surface area contributed by atoms with Gasteiger partial charge in [0.15, 0.2) is 5.13 Å². The minimum absolute atomic E-state index is 0.0565. The number of rotatable bonds is 5. The molecule has 3 heterocycles. The van der Waals surface area contributed by atoms with E-state index in [1.807, 2.05) is 25.3 Å². The summed E-state index contributed by atoms with van der Waals surface area (Å²) < 4.78 is 0. The number of carbonyl (C=O) groups is 1. The Kier molecular flexibility index (Phi) is 5.60. The van der Waals surface area contributed by atoms with Crippen LogP contribution in [0.25, 0.3) is 0 Å². The van der Waals surface area contributed by atoms with Crippen molar-refractivity contribution < 1.29 is 4.79 Å². The lowest BCUT2D eigenvalue weighted by atomic mass is 9.94. The minimum atomic E-state index is 0.0565. The van der Waals surface area contributed by atoms with Gasteiger partial charge in [-0.3, -0.25) is 9.69 Å². The molecule has 0 saturated carbocycles. The number of likely N-dealkylation sites (tertiary alicyclic amines) is 1. The fraction of sp³-hybridized carbons (Fsp3) is 0.529. The summed E-state index contributed by atoms with van der Waals surface area (Å²) in [4.78, 5) is 27.4. The Morgan fingerprint density at radius 3 is 2.92 bits per heavy atom. The number of piperidine rings is 1. The highest BCUT2D eigenvalue weighted by Gasteiger charge is 2.24. The molecule has 0 aliphatic carbocycles. The topological polar surface area (TPSA) is 83.0 Å². The first-order chi connectivity index (χ1) is 12.0. The molecule has 1 atom stereocenters. The first kappa shape index (κ1) is 17.8. The normalized spacial score (nSPS) is 18.1. The first-order valence-corrected chi connectivity index (χ1v) is 9.39. The molecule has 25 heavy (non-hydrogen) atoms. The zero-order chi connectivity index (χ0) is 17.8. The molecule has 0 bridgehead atoms. The highest BCUT2D eigenvalue weighted by Crippen LogP contribution is 2.28. The lowest BCUT2D eigenvalue weighted by Gasteiger charge is -2.32. The SMILES string of the molecule is CNC(=O)CN1CCCC(c2cc(Nc3nc(C)cs3)nc(C)n2)C1. The number of hydrogen-bond acceptors (Lipinski definition) is 7. The van der Waals surface area contributed by atoms with Crippen LogP contribution in [0, 0.1) is 13.8 Å². The van der Waals surface area contributed by atoms with Crippen LogP contribution >= 0.6 is 11.3 Å². The van der Waals surface area contributed by atoms with E-state index in [-0.39, 0.29) is 5.91 Å². The minimum Gasteiger partial charge on any atom is -0.358 e. The van der Waals surface area contributed by atoms with E-state index in [1.54, 1.807) is 18.4 Å². The molecule has 8 heteroatoms. The molecular weight excluding hydrogens is 336 g/mol. The molecule has 0 radical (unpaired) electrons. The third-order valence-electron chi connectivity index (χ3n) is 4.28. The second-order valence-corrected chi connectivity index (χ2v) is 7.25. The molecule has 134 valence electrons. The molecule has 2 N–H and O–H groups in total. The number of aryl methyl sites for hydroxylation is 2. The van der Waals surface area contributed by atoms with Gasteiger partial charge >= 0.3 is 0 Å². The predicted octanol–water partition coefficient (Wildman–Crippen LogP) is 2.22. The molecule has 7 nitrogen and oxygen atoms in total. The molecule has 2 aromatic rings. The second kappa shape index (κ2) is 7.88. The van der Waals surface area contributed by atoms with E-state index in [1.165, 1.54) is 0 Å². The molecule has 1 unspecified atom stereocenters. The van der Waals surface area contributed by atoms with Gasteiger partial charge in [0.25, 0.3) is 0 Å². The fourth-order valence-corrected chi connectivity index (χ4v) is 3.80. The van der Waals surface area contributed by atoms with E-state index >= 15 is 0 Å². The van der Waals surface area contributed by atoms with Gasteiger partial charge in [-0.2, -0.15) is 0 Å². The number of nitrogens with one attached hydrogen (secondary N) is 2. The van der Waals surface area contributed by atoms with Crippen LogP contribution in [0.5, 0.6) is 0 Å². The number of hydrogen-bond donors (Lipinski definition) is 2. The quantitative estimate of drug-likeness (QED) is 0.851.